The van der Waals surface area contributed by atoms with E-state index < -0.39 is 174 Å². The van der Waals surface area contributed by atoms with Gasteiger partial charge in [0.2, 0.25) is 0 Å². The molecule has 0 spiro atoms. The molecule has 0 unspecified atom stereocenters. The van der Waals surface area contributed by atoms with Crippen molar-refractivity contribution in [3.8, 4) is 0 Å². The Balaban J connectivity index is 0.843. The van der Waals surface area contributed by atoms with Crippen molar-refractivity contribution >= 4 is 18.0 Å². The summed E-state index contributed by atoms with van der Waals surface area (Å²) in [6.45, 7) is 15.6. The first-order valence-electron chi connectivity index (χ1n) is 30.3. The van der Waals surface area contributed by atoms with E-state index in [9.17, 15) is 40.2 Å². The van der Waals surface area contributed by atoms with E-state index in [1.807, 2.05) is 58.0 Å². The van der Waals surface area contributed by atoms with Crippen molar-refractivity contribution in [2.75, 3.05) is 28.4 Å². The number of carbonyl (C=O) groups excluding carboxylic acids is 2. The largest absolute Gasteiger partial charge is 0.458 e. The highest BCUT2D eigenvalue weighted by atomic mass is 16.8. The molecule has 27 atom stereocenters. The molecule has 1 aromatic rings. The smallest absolute Gasteiger partial charge is 0.333 e. The predicted molar refractivity (Wildman–Crippen MR) is 303 cm³/mol. The zero-order chi connectivity index (χ0) is 61.8. The van der Waals surface area contributed by atoms with Crippen molar-refractivity contribution in [3.63, 3.8) is 0 Å². The van der Waals surface area contributed by atoms with Gasteiger partial charge < -0.3 is 97.0 Å². The zero-order valence-corrected chi connectivity index (χ0v) is 51.5. The van der Waals surface area contributed by atoms with E-state index in [1.165, 1.54) is 19.3 Å². The van der Waals surface area contributed by atoms with Crippen LogP contribution >= 0.6 is 0 Å². The van der Waals surface area contributed by atoms with Crippen LogP contribution in [0.1, 0.15) is 126 Å². The molecule has 7 fully saturated rings. The highest BCUT2D eigenvalue weighted by Gasteiger charge is 2.82. The molecule has 6 N–H and O–H groups in total. The molecule has 22 heteroatoms. The number of aliphatic hydroxyl groups is 6. The maximum atomic E-state index is 13.9. The van der Waals surface area contributed by atoms with Crippen LogP contribution in [0.2, 0.25) is 0 Å². The Bertz CT molecular complexity index is 2550. The lowest BCUT2D eigenvalue weighted by Gasteiger charge is -2.68. The molecular formula is C63H94O22. The Kier molecular flexibility index (Phi) is 20.1. The van der Waals surface area contributed by atoms with Gasteiger partial charge in [0.1, 0.15) is 65.6 Å². The maximum absolute atomic E-state index is 13.9. The van der Waals surface area contributed by atoms with Crippen LogP contribution in [-0.2, 0) is 75.9 Å². The van der Waals surface area contributed by atoms with Crippen molar-refractivity contribution in [3.05, 3.63) is 65.8 Å². The molecule has 4 aliphatic heterocycles. The van der Waals surface area contributed by atoms with Gasteiger partial charge in [-0.3, -0.25) is 0 Å². The Morgan fingerprint density at radius 1 is 0.671 bits per heavy atom. The van der Waals surface area contributed by atoms with Gasteiger partial charge in [-0.1, -0.05) is 62.4 Å². The van der Waals surface area contributed by atoms with Crippen molar-refractivity contribution in [2.45, 2.75) is 265 Å². The predicted octanol–water partition coefficient (Wildman–Crippen LogP) is 4.49. The summed E-state index contributed by atoms with van der Waals surface area (Å²) in [5.41, 5.74) is -9.67. The van der Waals surface area contributed by atoms with Crippen molar-refractivity contribution < 1.29 is 107 Å². The van der Waals surface area contributed by atoms with Crippen molar-refractivity contribution in [1.29, 1.82) is 0 Å². The van der Waals surface area contributed by atoms with Crippen LogP contribution in [0.4, 0.5) is 0 Å². The molecule has 8 aliphatic rings. The van der Waals surface area contributed by atoms with E-state index in [2.05, 4.69) is 0 Å². The van der Waals surface area contributed by atoms with E-state index in [0.29, 0.717) is 24.8 Å². The number of aliphatic hydroxyl groups excluding tert-OH is 2. The summed E-state index contributed by atoms with van der Waals surface area (Å²) in [4.78, 5) is 27.1. The number of ether oxygens (including phenoxy) is 14. The van der Waals surface area contributed by atoms with Gasteiger partial charge in [0, 0.05) is 77.1 Å². The van der Waals surface area contributed by atoms with Crippen LogP contribution in [-0.4, -0.2) is 216 Å². The molecule has 4 saturated heterocycles. The molecule has 22 nitrogen and oxygen atoms in total. The summed E-state index contributed by atoms with van der Waals surface area (Å²) in [7, 11) is 6.17. The average molecular weight is 1200 g/mol. The SMILES string of the molecule is CC=C(C)C(=O)O[C@@H](C)[C@]1(O)CC[C@@]2(O)[C@]1(C)[C@H](OC(=O)C=Cc1ccccc1)C[C@H]1[C@@]2(O)C=C[C@@]2(O)C[C@@H](O[C@H]3C[C@H](OC)[C@H](O[C@H]4C[C@H](OC)[C@H](O[C@H]5C[C@@H](OC)[C@H](O[C@@H]6O[C@H](C)[C@@H](O)[C@@H](OC)[C@H]6O)[C@@H](C)O5)[C@@H](C)O4)[C@@H](C)O3)CC[C@]12C. The number of esters is 2. The van der Waals surface area contributed by atoms with Crippen molar-refractivity contribution in [2.24, 2.45) is 16.7 Å². The number of hydrogen-bond acceptors (Lipinski definition) is 22. The lowest BCUT2D eigenvalue weighted by atomic mass is 9.41. The molecule has 1 aromatic carbocycles. The van der Waals surface area contributed by atoms with Gasteiger partial charge in [-0.2, -0.15) is 0 Å². The second-order valence-electron chi connectivity index (χ2n) is 25.5. The quantitative estimate of drug-likeness (QED) is 0.0671. The Morgan fingerprint density at radius 3 is 1.76 bits per heavy atom. The normalized spacial score (nSPS) is 47.8. The van der Waals surface area contributed by atoms with E-state index in [4.69, 9.17) is 66.3 Å². The number of benzene rings is 1. The molecular weight excluding hydrogens is 1110 g/mol. The van der Waals surface area contributed by atoms with E-state index >= 15 is 0 Å². The maximum Gasteiger partial charge on any atom is 0.333 e. The van der Waals surface area contributed by atoms with E-state index in [0.717, 1.165) is 5.56 Å². The molecule has 0 bridgehead atoms. The monoisotopic (exact) mass is 1200 g/mol. The molecule has 478 valence electrons. The topological polar surface area (TPSA) is 285 Å². The van der Waals surface area contributed by atoms with Gasteiger partial charge in [-0.05, 0) is 92.2 Å². The number of carbonyl (C=O) groups is 2. The van der Waals surface area contributed by atoms with Gasteiger partial charge in [0.25, 0.3) is 0 Å². The van der Waals surface area contributed by atoms with Crippen LogP contribution in [0.25, 0.3) is 6.08 Å². The summed E-state index contributed by atoms with van der Waals surface area (Å²) in [6.07, 6.45) is -6.27. The lowest BCUT2D eigenvalue weighted by Crippen LogP contribution is -2.80. The number of allylic oxidation sites excluding steroid dienone is 1. The minimum Gasteiger partial charge on any atom is -0.458 e. The third-order valence-electron chi connectivity index (χ3n) is 21.1. The second kappa shape index (κ2) is 25.9. The highest BCUT2D eigenvalue weighted by Crippen LogP contribution is 2.72. The summed E-state index contributed by atoms with van der Waals surface area (Å²) in [6, 6.07) is 9.19. The first-order valence-corrected chi connectivity index (χ1v) is 30.3. The Morgan fingerprint density at radius 2 is 1.22 bits per heavy atom. The fourth-order valence-corrected chi connectivity index (χ4v) is 15.6. The minimum atomic E-state index is -2.16. The van der Waals surface area contributed by atoms with Crippen molar-refractivity contribution in [1.82, 2.24) is 0 Å². The molecule has 3 saturated carbocycles. The lowest BCUT2D eigenvalue weighted by molar-refractivity contribution is -0.356. The van der Waals surface area contributed by atoms with Crippen LogP contribution < -0.4 is 0 Å². The molecule has 0 amide bonds. The van der Waals surface area contributed by atoms with Gasteiger partial charge in [-0.15, -0.1) is 0 Å². The first-order chi connectivity index (χ1) is 40.2. The van der Waals surface area contributed by atoms with Gasteiger partial charge in [-0.25, -0.2) is 9.59 Å². The minimum absolute atomic E-state index is 0.0680. The average Bonchev–Trinajstić information content (AvgIpc) is 1.63. The van der Waals surface area contributed by atoms with Gasteiger partial charge in [0.05, 0.1) is 59.8 Å². The number of hydrogen-bond donors (Lipinski definition) is 6. The standard InChI is InChI=1S/C63H94O22/c1-14-33(2)56(67)80-38(7)61(69)26-27-63(71)59(61,9)45(82-46(64)21-20-39-18-16-15-17-19-39)31-44-58(8)23-22-40(32-60(58,68)24-25-62(44,63)70)81-47-28-41(72-10)52(35(4)76-47)83-48-29-42(73-11)53(36(5)77-48)84-49-30-43(74-12)54(37(6)78-49)85-57-51(66)55(75-13)50(65)34(3)79-57/h14-21,24-25,34-38,40-45,47-55,57,65-66,68-71H,22-23,26-32H2,1-13H3/t34-,35-,36-,37-,38+,40+,41+,42+,43-,44-,45-,47+,48+,49+,50-,51-,52-,53-,54-,55-,57+,58-,59-,60-,61-,62+,63-/m1/s1. The summed E-state index contributed by atoms with van der Waals surface area (Å²) >= 11 is 0. The van der Waals surface area contributed by atoms with Crippen LogP contribution in [0.15, 0.2) is 60.2 Å². The number of fused-ring (bicyclic) bond motifs is 5. The summed E-state index contributed by atoms with van der Waals surface area (Å²) in [5, 5.41) is 73.9. The first kappa shape index (κ1) is 66.1. The number of methoxy groups -OCH3 is 4. The third kappa shape index (κ3) is 11.9. The summed E-state index contributed by atoms with van der Waals surface area (Å²) in [5.74, 6) is -2.31. The summed E-state index contributed by atoms with van der Waals surface area (Å²) < 4.78 is 87.0. The van der Waals surface area contributed by atoms with Crippen LogP contribution in [0.5, 0.6) is 0 Å². The zero-order valence-electron chi connectivity index (χ0n) is 51.5. The molecule has 4 aliphatic carbocycles. The molecule has 4 heterocycles. The Labute approximate surface area is 499 Å². The highest BCUT2D eigenvalue weighted by molar-refractivity contribution is 5.88. The van der Waals surface area contributed by atoms with Gasteiger partial charge in [0.15, 0.2) is 25.2 Å². The molecule has 85 heavy (non-hydrogen) atoms. The molecule has 0 aromatic heterocycles. The van der Waals surface area contributed by atoms with Crippen LogP contribution in [0, 0.1) is 16.7 Å². The van der Waals surface area contributed by atoms with E-state index in [-0.39, 0.29) is 38.5 Å². The number of rotatable bonds is 18. The molecule has 9 rings (SSSR count). The Hall–Kier alpha value is -3.34. The fourth-order valence-electron chi connectivity index (χ4n) is 15.6. The second-order valence-corrected chi connectivity index (χ2v) is 25.5. The molecule has 0 radical (unpaired) electrons. The fraction of sp³-hybridized carbons (Fsp3) is 0.778. The van der Waals surface area contributed by atoms with E-state index in [1.54, 1.807) is 74.2 Å². The third-order valence-corrected chi connectivity index (χ3v) is 21.1. The van der Waals surface area contributed by atoms with Crippen LogP contribution in [0.3, 0.4) is 0 Å². The van der Waals surface area contributed by atoms with Gasteiger partial charge >= 0.3 is 11.9 Å².